The van der Waals surface area contributed by atoms with Gasteiger partial charge in [-0.3, -0.25) is 0 Å². The SMILES string of the molecule is O=S(=O)(c1ccc([O-])cc1)c1ccc(Oc2ccc(S(=O)(=O)c3ccc(Oc4ccc(S(=O)(=O)c5ccc([O-])cc5)cc4)cc3)cc2)cc1.[K+].[K+]. The van der Waals surface area contributed by atoms with Gasteiger partial charge in [-0.25, -0.2) is 25.3 Å². The van der Waals surface area contributed by atoms with Crippen molar-refractivity contribution in [2.75, 3.05) is 0 Å². The maximum atomic E-state index is 13.3. The first-order valence-corrected chi connectivity index (χ1v) is 18.8. The zero-order valence-corrected chi connectivity index (χ0v) is 35.9. The Hall–Kier alpha value is -2.36. The van der Waals surface area contributed by atoms with Crippen molar-refractivity contribution in [3.63, 3.8) is 0 Å². The number of benzene rings is 6. The molecule has 0 aliphatic rings. The Kier molecular flexibility index (Phi) is 14.0. The maximum absolute atomic E-state index is 13.3. The van der Waals surface area contributed by atoms with Crippen LogP contribution >= 0.6 is 0 Å². The van der Waals surface area contributed by atoms with Gasteiger partial charge in [-0.15, -0.1) is 11.5 Å². The minimum absolute atomic E-state index is 0. The molecule has 6 rings (SSSR count). The summed E-state index contributed by atoms with van der Waals surface area (Å²) < 4.78 is 89.4. The fraction of sp³-hybridized carbons (Fsp3) is 0. The molecule has 0 aliphatic carbocycles. The van der Waals surface area contributed by atoms with E-state index in [2.05, 4.69) is 0 Å². The molecule has 0 spiro atoms. The van der Waals surface area contributed by atoms with Crippen LogP contribution in [-0.2, 0) is 29.5 Å². The minimum atomic E-state index is -3.90. The summed E-state index contributed by atoms with van der Waals surface area (Å²) in [5.74, 6) is 0.703. The Morgan fingerprint density at radius 1 is 0.294 bits per heavy atom. The Labute approximate surface area is 380 Å². The van der Waals surface area contributed by atoms with E-state index in [0.717, 1.165) is 0 Å². The van der Waals surface area contributed by atoms with Crippen LogP contribution in [0, 0.1) is 0 Å². The molecule has 0 saturated carbocycles. The molecule has 51 heavy (non-hydrogen) atoms. The smallest absolute Gasteiger partial charge is 0.872 e. The molecule has 0 aromatic heterocycles. The molecule has 0 atom stereocenters. The third-order valence-electron chi connectivity index (χ3n) is 7.28. The molecule has 6 aromatic carbocycles. The van der Waals surface area contributed by atoms with Crippen LogP contribution in [0.2, 0.25) is 0 Å². The van der Waals surface area contributed by atoms with Gasteiger partial charge in [-0.05, 0) is 121 Å². The van der Waals surface area contributed by atoms with E-state index in [0.29, 0.717) is 23.0 Å². The molecule has 0 radical (unpaired) electrons. The average Bonchev–Trinajstić information content (AvgIpc) is 3.10. The first kappa shape index (κ1) is 41.4. The first-order valence-electron chi connectivity index (χ1n) is 14.4. The molecular weight excluding hydrogens is 767 g/mol. The molecule has 15 heteroatoms. The van der Waals surface area contributed by atoms with Gasteiger partial charge in [0.2, 0.25) is 29.5 Å². The normalized spacial score (nSPS) is 11.5. The van der Waals surface area contributed by atoms with Gasteiger partial charge < -0.3 is 19.7 Å². The van der Waals surface area contributed by atoms with Crippen molar-refractivity contribution in [1.82, 2.24) is 0 Å². The van der Waals surface area contributed by atoms with Gasteiger partial charge in [0.05, 0.1) is 29.4 Å². The van der Waals surface area contributed by atoms with E-state index in [1.165, 1.54) is 146 Å². The number of hydrogen-bond donors (Lipinski definition) is 0. The molecule has 0 bridgehead atoms. The molecule has 0 heterocycles. The van der Waals surface area contributed by atoms with Crippen molar-refractivity contribution >= 4 is 29.5 Å². The third kappa shape index (κ3) is 9.61. The van der Waals surface area contributed by atoms with Crippen LogP contribution in [-0.4, -0.2) is 25.3 Å². The minimum Gasteiger partial charge on any atom is -0.872 e. The van der Waals surface area contributed by atoms with Gasteiger partial charge in [-0.1, -0.05) is 24.3 Å². The summed E-state index contributed by atoms with van der Waals surface area (Å²) in [6.45, 7) is 0. The molecule has 248 valence electrons. The molecule has 0 unspecified atom stereocenters. The van der Waals surface area contributed by atoms with Crippen molar-refractivity contribution < 1.29 is 148 Å². The van der Waals surface area contributed by atoms with Crippen LogP contribution < -0.4 is 122 Å². The van der Waals surface area contributed by atoms with Gasteiger partial charge >= 0.3 is 103 Å². The van der Waals surface area contributed by atoms with E-state index in [1.807, 2.05) is 0 Å². The van der Waals surface area contributed by atoms with Crippen LogP contribution in [0.4, 0.5) is 0 Å². The third-order valence-corrected chi connectivity index (χ3v) is 12.6. The Morgan fingerprint density at radius 3 is 0.627 bits per heavy atom. The summed E-state index contributed by atoms with van der Waals surface area (Å²) >= 11 is 0. The van der Waals surface area contributed by atoms with E-state index >= 15 is 0 Å². The summed E-state index contributed by atoms with van der Waals surface area (Å²) in [6.07, 6.45) is 0. The van der Waals surface area contributed by atoms with Crippen LogP contribution in [0.1, 0.15) is 0 Å². The first-order chi connectivity index (χ1) is 23.3. The molecule has 10 nitrogen and oxygen atoms in total. The second-order valence-corrected chi connectivity index (χ2v) is 16.4. The van der Waals surface area contributed by atoms with Crippen molar-refractivity contribution in [3.8, 4) is 34.5 Å². The van der Waals surface area contributed by atoms with Crippen LogP contribution in [0.15, 0.2) is 175 Å². The van der Waals surface area contributed by atoms with Crippen molar-refractivity contribution in [2.24, 2.45) is 0 Å². The largest absolute Gasteiger partial charge is 1.00 e. The van der Waals surface area contributed by atoms with Crippen molar-refractivity contribution in [1.29, 1.82) is 0 Å². The maximum Gasteiger partial charge on any atom is 1.00 e. The summed E-state index contributed by atoms with van der Waals surface area (Å²) in [4.78, 5) is 0.0501. The number of ether oxygens (including phenoxy) is 2. The van der Waals surface area contributed by atoms with Gasteiger partial charge in [0, 0.05) is 0 Å². The molecule has 6 aromatic rings. The summed E-state index contributed by atoms with van der Waals surface area (Å²) in [5.41, 5.74) is 0. The van der Waals surface area contributed by atoms with E-state index < -0.39 is 29.5 Å². The molecular formula is C36H24K2O10S3. The topological polar surface area (TPSA) is 167 Å². The second kappa shape index (κ2) is 17.2. The molecule has 0 N–H and O–H groups in total. The van der Waals surface area contributed by atoms with Crippen LogP contribution in [0.5, 0.6) is 34.5 Å². The Bertz CT molecular complexity index is 2270. The Morgan fingerprint density at radius 2 is 0.451 bits per heavy atom. The van der Waals surface area contributed by atoms with E-state index in [4.69, 9.17) is 9.47 Å². The second-order valence-electron chi connectivity index (χ2n) is 10.5. The number of hydrogen-bond acceptors (Lipinski definition) is 10. The van der Waals surface area contributed by atoms with E-state index in [1.54, 1.807) is 0 Å². The van der Waals surface area contributed by atoms with Crippen molar-refractivity contribution in [3.05, 3.63) is 146 Å². The molecule has 0 fully saturated rings. The number of rotatable bonds is 10. The van der Waals surface area contributed by atoms with E-state index in [9.17, 15) is 35.5 Å². The van der Waals surface area contributed by atoms with E-state index in [-0.39, 0.29) is 144 Å². The molecule has 0 saturated heterocycles. The zero-order chi connectivity index (χ0) is 34.8. The van der Waals surface area contributed by atoms with Crippen molar-refractivity contribution in [2.45, 2.75) is 29.4 Å². The zero-order valence-electron chi connectivity index (χ0n) is 27.2. The molecule has 0 amide bonds. The van der Waals surface area contributed by atoms with Gasteiger partial charge in [0.25, 0.3) is 0 Å². The summed E-state index contributed by atoms with van der Waals surface area (Å²) in [7, 11) is -11.6. The van der Waals surface area contributed by atoms with Gasteiger partial charge in [0.15, 0.2) is 0 Å². The van der Waals surface area contributed by atoms with Gasteiger partial charge in [0.1, 0.15) is 23.0 Å². The predicted molar refractivity (Wildman–Crippen MR) is 174 cm³/mol. The molecule has 0 aliphatic heterocycles. The monoisotopic (exact) mass is 790 g/mol. The predicted octanol–water partition coefficient (Wildman–Crippen LogP) is -0.0752. The average molecular weight is 791 g/mol. The van der Waals surface area contributed by atoms with Crippen LogP contribution in [0.25, 0.3) is 0 Å². The summed E-state index contributed by atoms with van der Waals surface area (Å²) in [5, 5.41) is 22.6. The fourth-order valence-corrected chi connectivity index (χ4v) is 8.45. The Balaban J connectivity index is 0.00000292. The standard InChI is InChI=1S/C36H26O10S3.2K/c37-25-1-13-31(14-2-25)47(39,40)33-17-5-27(6-18-33)45-29-9-21-35(22-10-29)49(43,44)36-23-11-30(12-24-36)46-28-7-19-34(20-8-28)48(41,42)32-15-3-26(38)4-16-32;;/h1-24,37-38H;;/q;2*+1/p-2. The van der Waals surface area contributed by atoms with Crippen LogP contribution in [0.3, 0.4) is 0 Å². The fourth-order valence-electron chi connectivity index (χ4n) is 4.67. The quantitative estimate of drug-likeness (QED) is 0.172. The summed E-state index contributed by atoms with van der Waals surface area (Å²) in [6, 6.07) is 32.5. The number of sulfone groups is 3. The van der Waals surface area contributed by atoms with Gasteiger partial charge in [-0.2, -0.15) is 0 Å².